The second-order valence-electron chi connectivity index (χ2n) is 9.62. The Morgan fingerprint density at radius 2 is 0.918 bits per heavy atom. The molecule has 49 heavy (non-hydrogen) atoms. The molecule has 0 aliphatic heterocycles. The van der Waals surface area contributed by atoms with Gasteiger partial charge in [0.2, 0.25) is 0 Å². The Kier molecular flexibility index (Phi) is 21.7. The van der Waals surface area contributed by atoms with Gasteiger partial charge >= 0.3 is 6.03 Å². The zero-order valence-electron chi connectivity index (χ0n) is 27.0. The molecule has 0 N–H and O–H groups in total. The molecule has 5 aromatic rings. The quantitative estimate of drug-likeness (QED) is 0.113. The van der Waals surface area contributed by atoms with Gasteiger partial charge in [-0.3, -0.25) is 9.59 Å². The molecule has 0 saturated heterocycles. The molecule has 11 heteroatoms. The fraction of sp³-hybridized carbons (Fsp3) is 0.105. The SMILES string of the molecule is CCN(CC)C(=O)n1cccn1.O=C(/C=C(\[O-])c1ccccc1)c1ccccc1.O=C(/C=C(\[O-])c1ccccc1)c1ccccc1.[O-2].[O-2].[U]. The number of hydrogen-bond acceptors (Lipinski definition) is 6. The Morgan fingerprint density at radius 3 is 1.20 bits per heavy atom. The van der Waals surface area contributed by atoms with Gasteiger partial charge in [0.15, 0.2) is 11.6 Å². The van der Waals surface area contributed by atoms with E-state index in [1.165, 1.54) is 4.68 Å². The molecule has 1 aromatic heterocycles. The van der Waals surface area contributed by atoms with Crippen LogP contribution in [-0.2, 0) is 11.0 Å². The van der Waals surface area contributed by atoms with E-state index in [4.69, 9.17) is 0 Å². The minimum atomic E-state index is -0.264. The van der Waals surface area contributed by atoms with Crippen molar-refractivity contribution < 1.29 is 66.7 Å². The molecule has 1 amide bonds. The van der Waals surface area contributed by atoms with Crippen LogP contribution in [0.25, 0.3) is 11.5 Å². The van der Waals surface area contributed by atoms with Crippen molar-refractivity contribution in [2.24, 2.45) is 0 Å². The smallest absolute Gasteiger partial charge is 0.344 e. The summed E-state index contributed by atoms with van der Waals surface area (Å²) in [6.45, 7) is 5.33. The fourth-order valence-electron chi connectivity index (χ4n) is 4.00. The van der Waals surface area contributed by atoms with Crippen molar-refractivity contribution >= 4 is 29.1 Å². The van der Waals surface area contributed by atoms with E-state index in [0.29, 0.717) is 22.3 Å². The van der Waals surface area contributed by atoms with Crippen LogP contribution in [0, 0.1) is 31.1 Å². The summed E-state index contributed by atoms with van der Waals surface area (Å²) in [5, 5.41) is 27.4. The topological polar surface area (TPSA) is 175 Å². The van der Waals surface area contributed by atoms with E-state index in [1.807, 2.05) is 38.1 Å². The summed E-state index contributed by atoms with van der Waals surface area (Å²) in [4.78, 5) is 36.7. The molecule has 0 bridgehead atoms. The van der Waals surface area contributed by atoms with Crippen LogP contribution in [0.2, 0.25) is 0 Å². The second kappa shape index (κ2) is 24.1. The third-order valence-electron chi connectivity index (χ3n) is 6.49. The predicted molar refractivity (Wildman–Crippen MR) is 178 cm³/mol. The molecule has 4 aromatic carbocycles. The molecule has 0 atom stereocenters. The van der Waals surface area contributed by atoms with E-state index in [2.05, 4.69) is 5.10 Å². The molecule has 0 radical (unpaired) electrons. The maximum Gasteiger partial charge on any atom is 0.344 e. The molecular formula is C38H35N3O7U-6. The predicted octanol–water partition coefficient (Wildman–Crippen LogP) is 5.50. The first-order valence-corrected chi connectivity index (χ1v) is 14.7. The van der Waals surface area contributed by atoms with Crippen LogP contribution in [-0.4, -0.2) is 45.4 Å². The number of aromatic nitrogens is 2. The summed E-state index contributed by atoms with van der Waals surface area (Å²) in [5.74, 6) is -1.06. The van der Waals surface area contributed by atoms with Crippen molar-refractivity contribution in [2.45, 2.75) is 13.8 Å². The molecule has 0 fully saturated rings. The van der Waals surface area contributed by atoms with E-state index in [0.717, 1.165) is 25.2 Å². The van der Waals surface area contributed by atoms with Crippen LogP contribution in [0.15, 0.2) is 152 Å². The van der Waals surface area contributed by atoms with E-state index >= 15 is 0 Å². The van der Waals surface area contributed by atoms with Gasteiger partial charge in [0.1, 0.15) is 0 Å². The van der Waals surface area contributed by atoms with E-state index in [1.54, 1.807) is 120 Å². The third-order valence-corrected chi connectivity index (χ3v) is 6.49. The average Bonchev–Trinajstić information content (AvgIpc) is 3.66. The van der Waals surface area contributed by atoms with Gasteiger partial charge in [0.05, 0.1) is 0 Å². The number of carbonyl (C=O) groups is 3. The van der Waals surface area contributed by atoms with Gasteiger partial charge in [-0.1, -0.05) is 133 Å². The van der Waals surface area contributed by atoms with Gasteiger partial charge in [-0.25, -0.2) is 4.79 Å². The Balaban J connectivity index is 0.000000696. The van der Waals surface area contributed by atoms with E-state index in [-0.39, 0.29) is 71.2 Å². The maximum absolute atomic E-state index is 11.8. The van der Waals surface area contributed by atoms with Gasteiger partial charge in [-0.15, -0.1) is 0 Å². The normalized spacial score (nSPS) is 10.2. The third kappa shape index (κ3) is 14.7. The number of carbonyl (C=O) groups excluding carboxylic acids is 3. The van der Waals surface area contributed by atoms with Gasteiger partial charge < -0.3 is 26.1 Å². The minimum absolute atomic E-state index is 0. The van der Waals surface area contributed by atoms with Crippen molar-refractivity contribution in [3.05, 3.63) is 174 Å². The summed E-state index contributed by atoms with van der Waals surface area (Å²) in [6, 6.07) is 36.7. The van der Waals surface area contributed by atoms with Crippen molar-refractivity contribution in [1.82, 2.24) is 14.7 Å². The Morgan fingerprint density at radius 1 is 0.592 bits per heavy atom. The summed E-state index contributed by atoms with van der Waals surface area (Å²) >= 11 is 0. The zero-order valence-corrected chi connectivity index (χ0v) is 31.2. The van der Waals surface area contributed by atoms with E-state index < -0.39 is 0 Å². The largest absolute Gasteiger partial charge is 2.00 e. The standard InChI is InChI=1S/2C15H12O2.C8H13N3O.2O.U/c2*16-14(12-7-3-1-4-8-12)11-15(17)13-9-5-2-6-10-13;1-3-10(4-2)8(12)11-7-5-6-9-11;;;/h2*1-11,16H;5-7H,3-4H2,1-2H3;;;/q;;;2*-2;/p-2/b2*14-11-;;;;. The monoisotopic (exact) mass is 883 g/mol. The van der Waals surface area contributed by atoms with Gasteiger partial charge in [0, 0.05) is 67.7 Å². The first-order chi connectivity index (χ1) is 22.3. The number of ketones is 2. The average molecular weight is 884 g/mol. The molecule has 254 valence electrons. The molecule has 0 aliphatic carbocycles. The van der Waals surface area contributed by atoms with Gasteiger partial charge in [-0.2, -0.15) is 9.78 Å². The Bertz CT molecular complexity index is 1610. The van der Waals surface area contributed by atoms with Crippen LogP contribution >= 0.6 is 0 Å². The molecule has 10 nitrogen and oxygen atoms in total. The molecular weight excluding hydrogens is 848 g/mol. The number of nitrogens with zero attached hydrogens (tertiary/aromatic N) is 3. The Labute approximate surface area is 310 Å². The van der Waals surface area contributed by atoms with Crippen molar-refractivity contribution in [2.75, 3.05) is 13.1 Å². The first kappa shape index (κ1) is 44.0. The molecule has 1 heterocycles. The number of hydrogen-bond donors (Lipinski definition) is 0. The fourth-order valence-corrected chi connectivity index (χ4v) is 4.00. The van der Waals surface area contributed by atoms with Crippen LogP contribution in [0.5, 0.6) is 0 Å². The zero-order chi connectivity index (χ0) is 33.1. The van der Waals surface area contributed by atoms with Gasteiger partial charge in [-0.05, 0) is 43.2 Å². The van der Waals surface area contributed by atoms with Gasteiger partial charge in [0.25, 0.3) is 0 Å². The van der Waals surface area contributed by atoms with Crippen molar-refractivity contribution in [1.29, 1.82) is 0 Å². The Hall–Kier alpha value is -5.05. The number of benzene rings is 4. The number of allylic oxidation sites excluding steroid dienone is 2. The van der Waals surface area contributed by atoms with Crippen molar-refractivity contribution in [3.8, 4) is 0 Å². The minimum Gasteiger partial charge on any atom is -2.00 e. The van der Waals surface area contributed by atoms with Crippen LogP contribution in [0.3, 0.4) is 0 Å². The molecule has 0 saturated carbocycles. The second-order valence-corrected chi connectivity index (χ2v) is 9.62. The van der Waals surface area contributed by atoms with Crippen LogP contribution in [0.1, 0.15) is 45.7 Å². The van der Waals surface area contributed by atoms with E-state index in [9.17, 15) is 24.6 Å². The summed E-state index contributed by atoms with van der Waals surface area (Å²) in [6.07, 6.45) is 5.51. The molecule has 0 unspecified atom stereocenters. The molecule has 0 aliphatic rings. The van der Waals surface area contributed by atoms with Crippen LogP contribution < -0.4 is 10.2 Å². The summed E-state index contributed by atoms with van der Waals surface area (Å²) < 4.78 is 1.34. The maximum atomic E-state index is 11.8. The summed E-state index contributed by atoms with van der Waals surface area (Å²) in [7, 11) is 0. The first-order valence-electron chi connectivity index (χ1n) is 14.7. The molecule has 5 rings (SSSR count). The number of rotatable bonds is 8. The summed E-state index contributed by atoms with van der Waals surface area (Å²) in [5.41, 5.74) is 2.10. The molecule has 0 spiro atoms. The van der Waals surface area contributed by atoms with Crippen LogP contribution in [0.4, 0.5) is 4.79 Å². The van der Waals surface area contributed by atoms with Crippen molar-refractivity contribution in [3.63, 3.8) is 0 Å². The number of amides is 1.